The number of aliphatic hydroxyl groups excluding tert-OH is 1. The van der Waals surface area contributed by atoms with E-state index in [1.807, 2.05) is 13.8 Å². The van der Waals surface area contributed by atoms with Crippen LogP contribution in [0.2, 0.25) is 10.2 Å². The van der Waals surface area contributed by atoms with Crippen molar-refractivity contribution in [2.24, 2.45) is 5.92 Å². The van der Waals surface area contributed by atoms with Crippen LogP contribution in [0.3, 0.4) is 0 Å². The van der Waals surface area contributed by atoms with E-state index >= 15 is 0 Å². The molecule has 0 aromatic carbocycles. The van der Waals surface area contributed by atoms with Crippen molar-refractivity contribution in [2.45, 2.75) is 31.3 Å². The topological polar surface area (TPSA) is 79.3 Å². The first-order valence-corrected chi connectivity index (χ1v) is 7.96. The average Bonchev–Trinajstić information content (AvgIpc) is 2.32. The maximum Gasteiger partial charge on any atom is 0.242 e. The molecule has 5 nitrogen and oxygen atoms in total. The lowest BCUT2D eigenvalue weighted by molar-refractivity contribution is 0.118. The molecule has 0 radical (unpaired) electrons. The fourth-order valence-electron chi connectivity index (χ4n) is 1.31. The van der Waals surface area contributed by atoms with Gasteiger partial charge in [0.2, 0.25) is 10.0 Å². The Hall–Kier alpha value is -0.400. The monoisotopic (exact) mass is 326 g/mol. The number of pyridine rings is 1. The Morgan fingerprint density at radius 2 is 2.05 bits per heavy atom. The number of aliphatic hydroxyl groups is 1. The quantitative estimate of drug-likeness (QED) is 0.784. The van der Waals surface area contributed by atoms with Gasteiger partial charge in [0.05, 0.1) is 11.1 Å². The predicted molar refractivity (Wildman–Crippen MR) is 74.9 cm³/mol. The fraction of sp³-hybridized carbons (Fsp3) is 0.545. The zero-order valence-electron chi connectivity index (χ0n) is 10.6. The van der Waals surface area contributed by atoms with Crippen LogP contribution in [0.15, 0.2) is 17.2 Å². The van der Waals surface area contributed by atoms with Gasteiger partial charge in [-0.25, -0.2) is 18.1 Å². The molecule has 1 unspecified atom stereocenters. The van der Waals surface area contributed by atoms with Gasteiger partial charge in [0, 0.05) is 12.7 Å². The number of aromatic nitrogens is 1. The molecule has 2 N–H and O–H groups in total. The van der Waals surface area contributed by atoms with Gasteiger partial charge in [0.15, 0.2) is 0 Å². The van der Waals surface area contributed by atoms with Crippen LogP contribution in [0.1, 0.15) is 20.3 Å². The van der Waals surface area contributed by atoms with E-state index in [1.165, 1.54) is 6.07 Å². The van der Waals surface area contributed by atoms with Gasteiger partial charge in [-0.15, -0.1) is 0 Å². The number of hydrogen-bond acceptors (Lipinski definition) is 4. The van der Waals surface area contributed by atoms with Crippen LogP contribution in [0.5, 0.6) is 0 Å². The number of nitrogens with zero attached hydrogens (tertiary/aromatic N) is 1. The first-order valence-electron chi connectivity index (χ1n) is 5.73. The summed E-state index contributed by atoms with van der Waals surface area (Å²) in [6, 6.07) is 1.23. The van der Waals surface area contributed by atoms with E-state index in [2.05, 4.69) is 9.71 Å². The lowest BCUT2D eigenvalue weighted by Crippen LogP contribution is -2.29. The summed E-state index contributed by atoms with van der Waals surface area (Å²) >= 11 is 11.3. The summed E-state index contributed by atoms with van der Waals surface area (Å²) < 4.78 is 26.2. The molecule has 0 saturated carbocycles. The molecule has 0 fully saturated rings. The van der Waals surface area contributed by atoms with E-state index in [0.29, 0.717) is 6.42 Å². The number of nitrogens with one attached hydrogen (secondary N) is 1. The Labute approximate surface area is 123 Å². The van der Waals surface area contributed by atoms with E-state index in [-0.39, 0.29) is 27.5 Å². The molecule has 0 saturated heterocycles. The molecule has 1 heterocycles. The van der Waals surface area contributed by atoms with Crippen molar-refractivity contribution >= 4 is 33.2 Å². The lowest BCUT2D eigenvalue weighted by atomic mass is 10.1. The first kappa shape index (κ1) is 16.7. The normalized spacial score (nSPS) is 13.8. The van der Waals surface area contributed by atoms with Gasteiger partial charge in [0.25, 0.3) is 0 Å². The largest absolute Gasteiger partial charge is 0.393 e. The highest BCUT2D eigenvalue weighted by Gasteiger charge is 2.17. The second kappa shape index (κ2) is 6.85. The highest BCUT2D eigenvalue weighted by Crippen LogP contribution is 2.22. The molecule has 0 aliphatic rings. The van der Waals surface area contributed by atoms with Crippen LogP contribution in [-0.4, -0.2) is 31.2 Å². The summed E-state index contributed by atoms with van der Waals surface area (Å²) in [4.78, 5) is 3.63. The number of rotatable bonds is 6. The number of sulfonamides is 1. The molecular formula is C11H16Cl2N2O3S. The Kier molecular flexibility index (Phi) is 6.01. The molecule has 0 aliphatic heterocycles. The van der Waals surface area contributed by atoms with Crippen molar-refractivity contribution in [1.82, 2.24) is 9.71 Å². The molecule has 1 aromatic heterocycles. The molecule has 1 rings (SSSR count). The summed E-state index contributed by atoms with van der Waals surface area (Å²) in [5, 5.41) is 9.72. The molecule has 19 heavy (non-hydrogen) atoms. The van der Waals surface area contributed by atoms with Gasteiger partial charge in [-0.2, -0.15) is 0 Å². The van der Waals surface area contributed by atoms with Crippen LogP contribution in [-0.2, 0) is 10.0 Å². The molecule has 8 heteroatoms. The molecular weight excluding hydrogens is 311 g/mol. The highest BCUT2D eigenvalue weighted by atomic mass is 35.5. The third kappa shape index (κ3) is 4.89. The van der Waals surface area contributed by atoms with Crippen molar-refractivity contribution < 1.29 is 13.5 Å². The van der Waals surface area contributed by atoms with Crippen LogP contribution < -0.4 is 4.72 Å². The highest BCUT2D eigenvalue weighted by molar-refractivity contribution is 7.89. The van der Waals surface area contributed by atoms with Crippen molar-refractivity contribution in [1.29, 1.82) is 0 Å². The van der Waals surface area contributed by atoms with Crippen molar-refractivity contribution in [2.75, 3.05) is 6.54 Å². The summed E-state index contributed by atoms with van der Waals surface area (Å²) in [6.45, 7) is 3.87. The van der Waals surface area contributed by atoms with E-state index in [4.69, 9.17) is 23.2 Å². The molecule has 0 aliphatic carbocycles. The van der Waals surface area contributed by atoms with Crippen molar-refractivity contribution in [3.8, 4) is 0 Å². The second-order valence-corrected chi connectivity index (χ2v) is 6.97. The van der Waals surface area contributed by atoms with Crippen molar-refractivity contribution in [3.63, 3.8) is 0 Å². The third-order valence-electron chi connectivity index (χ3n) is 2.58. The first-order chi connectivity index (χ1) is 8.74. The van der Waals surface area contributed by atoms with Crippen LogP contribution in [0, 0.1) is 5.92 Å². The Balaban J connectivity index is 2.68. The summed E-state index contributed by atoms with van der Waals surface area (Å²) in [7, 11) is -3.69. The Morgan fingerprint density at radius 1 is 1.42 bits per heavy atom. The van der Waals surface area contributed by atoms with E-state index in [9.17, 15) is 13.5 Å². The molecule has 0 amide bonds. The average molecular weight is 327 g/mol. The molecule has 1 atom stereocenters. The fourth-order valence-corrected chi connectivity index (χ4v) is 2.66. The second-order valence-electron chi connectivity index (χ2n) is 4.44. The van der Waals surface area contributed by atoms with Gasteiger partial charge in [-0.05, 0) is 18.4 Å². The molecule has 0 bridgehead atoms. The number of halogens is 2. The molecule has 108 valence electrons. The SMILES string of the molecule is CC(C)C(O)CCNS(=O)(=O)c1cnc(Cl)c(Cl)c1. The Morgan fingerprint density at radius 3 is 2.58 bits per heavy atom. The zero-order chi connectivity index (χ0) is 14.6. The van der Waals surface area contributed by atoms with Crippen LogP contribution in [0.25, 0.3) is 0 Å². The molecule has 0 spiro atoms. The van der Waals surface area contributed by atoms with E-state index in [1.54, 1.807) is 0 Å². The van der Waals surface area contributed by atoms with E-state index in [0.717, 1.165) is 6.20 Å². The Bertz CT molecular complexity index is 535. The van der Waals surface area contributed by atoms with Gasteiger partial charge in [0.1, 0.15) is 10.0 Å². The smallest absolute Gasteiger partial charge is 0.242 e. The maximum absolute atomic E-state index is 11.9. The minimum absolute atomic E-state index is 0.0517. The minimum Gasteiger partial charge on any atom is -0.393 e. The minimum atomic E-state index is -3.69. The number of hydrogen-bond donors (Lipinski definition) is 2. The van der Waals surface area contributed by atoms with Crippen molar-refractivity contribution in [3.05, 3.63) is 22.4 Å². The van der Waals surface area contributed by atoms with Crippen LogP contribution in [0.4, 0.5) is 0 Å². The standard InChI is InChI=1S/C11H16Cl2N2O3S/c1-7(2)10(16)3-4-15-19(17,18)8-5-9(12)11(13)14-6-8/h5-7,10,15-16H,3-4H2,1-2H3. The van der Waals surface area contributed by atoms with Gasteiger partial charge in [-0.3, -0.25) is 0 Å². The van der Waals surface area contributed by atoms with Gasteiger partial charge < -0.3 is 5.11 Å². The predicted octanol–water partition coefficient (Wildman–Crippen LogP) is 2.07. The molecule has 1 aromatic rings. The van der Waals surface area contributed by atoms with Crippen LogP contribution >= 0.6 is 23.2 Å². The van der Waals surface area contributed by atoms with Gasteiger partial charge in [-0.1, -0.05) is 37.0 Å². The zero-order valence-corrected chi connectivity index (χ0v) is 12.9. The third-order valence-corrected chi connectivity index (χ3v) is 4.70. The van der Waals surface area contributed by atoms with Gasteiger partial charge >= 0.3 is 0 Å². The summed E-state index contributed by atoms with van der Waals surface area (Å²) in [6.07, 6.45) is 0.927. The lowest BCUT2D eigenvalue weighted by Gasteiger charge is -2.14. The van der Waals surface area contributed by atoms with E-state index < -0.39 is 16.1 Å². The maximum atomic E-state index is 11.9. The summed E-state index contributed by atoms with van der Waals surface area (Å²) in [5.41, 5.74) is 0. The summed E-state index contributed by atoms with van der Waals surface area (Å²) in [5.74, 6) is 0.0798.